The van der Waals surface area contributed by atoms with Crippen LogP contribution in [0.2, 0.25) is 5.02 Å². The smallest absolute Gasteiger partial charge is 0.143 e. The lowest BCUT2D eigenvalue weighted by Crippen LogP contribution is -2.06. The molecule has 4 heteroatoms. The van der Waals surface area contributed by atoms with Gasteiger partial charge < -0.3 is 5.73 Å². The number of pyridine rings is 1. The molecule has 1 aromatic rings. The molecule has 0 aliphatic heterocycles. The highest BCUT2D eigenvalue weighted by molar-refractivity contribution is 6.44. The Morgan fingerprint density at radius 2 is 2.33 bits per heavy atom. The van der Waals surface area contributed by atoms with Crippen molar-refractivity contribution in [3.8, 4) is 0 Å². The van der Waals surface area contributed by atoms with Crippen LogP contribution in [0.1, 0.15) is 0 Å². The van der Waals surface area contributed by atoms with Gasteiger partial charge in [-0.05, 0) is 6.07 Å². The van der Waals surface area contributed by atoms with Gasteiger partial charge in [0.1, 0.15) is 13.7 Å². The van der Waals surface area contributed by atoms with Crippen molar-refractivity contribution in [3.05, 3.63) is 17.3 Å². The summed E-state index contributed by atoms with van der Waals surface area (Å²) in [6.45, 7) is 0. The van der Waals surface area contributed by atoms with Crippen LogP contribution in [-0.2, 0) is 0 Å². The van der Waals surface area contributed by atoms with Gasteiger partial charge in [-0.25, -0.2) is 4.98 Å². The van der Waals surface area contributed by atoms with E-state index >= 15 is 0 Å². The van der Waals surface area contributed by atoms with Gasteiger partial charge in [-0.1, -0.05) is 17.1 Å². The molecule has 1 rings (SSSR count). The Labute approximate surface area is 59.4 Å². The summed E-state index contributed by atoms with van der Waals surface area (Å²) in [6, 6.07) is 1.64. The quantitative estimate of drug-likeness (QED) is 0.497. The van der Waals surface area contributed by atoms with Crippen LogP contribution < -0.4 is 11.2 Å². The number of rotatable bonds is 0. The molecule has 9 heavy (non-hydrogen) atoms. The van der Waals surface area contributed by atoms with Crippen molar-refractivity contribution in [2.24, 2.45) is 0 Å². The second-order valence-corrected chi connectivity index (χ2v) is 2.27. The largest absolute Gasteiger partial charge is 0.384 e. The Morgan fingerprint density at radius 1 is 1.67 bits per heavy atom. The minimum absolute atomic E-state index is 0.464. The zero-order valence-corrected chi connectivity index (χ0v) is 5.81. The monoisotopic (exact) mass is 140 g/mol. The van der Waals surface area contributed by atoms with Crippen molar-refractivity contribution in [3.63, 3.8) is 0 Å². The predicted octanol–water partition coefficient (Wildman–Crippen LogP) is -0.424. The van der Waals surface area contributed by atoms with E-state index in [0.717, 1.165) is 5.46 Å². The third-order valence-electron chi connectivity index (χ3n) is 1.06. The van der Waals surface area contributed by atoms with Gasteiger partial charge in [0, 0.05) is 11.2 Å². The van der Waals surface area contributed by atoms with Gasteiger partial charge in [-0.3, -0.25) is 0 Å². The molecule has 0 aliphatic carbocycles. The first-order valence-corrected chi connectivity index (χ1v) is 2.95. The van der Waals surface area contributed by atoms with Gasteiger partial charge in [-0.15, -0.1) is 0 Å². The molecule has 0 bridgehead atoms. The normalized spacial score (nSPS) is 9.44. The van der Waals surface area contributed by atoms with Crippen molar-refractivity contribution in [1.29, 1.82) is 0 Å². The van der Waals surface area contributed by atoms with Crippen molar-refractivity contribution in [1.82, 2.24) is 4.98 Å². The fourth-order valence-electron chi connectivity index (χ4n) is 0.514. The highest BCUT2D eigenvalue weighted by Crippen LogP contribution is 2.04. The van der Waals surface area contributed by atoms with Crippen LogP contribution in [0.4, 0.5) is 5.82 Å². The van der Waals surface area contributed by atoms with Crippen LogP contribution in [0.15, 0.2) is 12.3 Å². The zero-order chi connectivity index (χ0) is 6.85. The fraction of sp³-hybridized carbons (Fsp3) is 0. The van der Waals surface area contributed by atoms with E-state index in [9.17, 15) is 0 Å². The minimum atomic E-state index is 0.464. The molecule has 0 radical (unpaired) electrons. The molecule has 0 saturated carbocycles. The topological polar surface area (TPSA) is 38.9 Å². The standard InChI is InChI=1S/C5H6BClN2/c6-3-2-9-5(8)1-4(3)7/h1-2H,6H2,(H2,8,9). The summed E-state index contributed by atoms with van der Waals surface area (Å²) in [4.78, 5) is 3.83. The average Bonchev–Trinajstić information content (AvgIpc) is 1.80. The van der Waals surface area contributed by atoms with E-state index in [4.69, 9.17) is 17.3 Å². The number of nitrogens with zero attached hydrogens (tertiary/aromatic N) is 1. The Bertz CT molecular complexity index is 226. The van der Waals surface area contributed by atoms with Crippen molar-refractivity contribution in [2.45, 2.75) is 0 Å². The summed E-state index contributed by atoms with van der Waals surface area (Å²) in [6.07, 6.45) is 1.65. The van der Waals surface area contributed by atoms with E-state index in [2.05, 4.69) is 4.98 Å². The molecule has 0 saturated heterocycles. The lowest BCUT2D eigenvalue weighted by atomic mass is 9.99. The van der Waals surface area contributed by atoms with Crippen LogP contribution >= 0.6 is 11.6 Å². The van der Waals surface area contributed by atoms with Crippen molar-refractivity contribution < 1.29 is 0 Å². The van der Waals surface area contributed by atoms with Crippen LogP contribution in [0, 0.1) is 0 Å². The van der Waals surface area contributed by atoms with Gasteiger partial charge in [0.2, 0.25) is 0 Å². The molecule has 0 fully saturated rings. The maximum Gasteiger partial charge on any atom is 0.143 e. The average molecular weight is 140 g/mol. The SMILES string of the molecule is Bc1cnc(N)cc1Cl. The summed E-state index contributed by atoms with van der Waals surface area (Å²) in [5.41, 5.74) is 6.28. The third-order valence-corrected chi connectivity index (χ3v) is 1.47. The lowest BCUT2D eigenvalue weighted by molar-refractivity contribution is 1.36. The molecular formula is C5H6BClN2. The summed E-state index contributed by atoms with van der Waals surface area (Å²) in [5, 5.41) is 0.669. The Morgan fingerprint density at radius 3 is 2.78 bits per heavy atom. The molecule has 1 heterocycles. The Hall–Kier alpha value is -0.695. The molecule has 2 N–H and O–H groups in total. The fourth-order valence-corrected chi connectivity index (χ4v) is 0.675. The van der Waals surface area contributed by atoms with Crippen molar-refractivity contribution >= 4 is 30.7 Å². The summed E-state index contributed by atoms with van der Waals surface area (Å²) < 4.78 is 0. The molecule has 0 aromatic carbocycles. The van der Waals surface area contributed by atoms with Gasteiger partial charge >= 0.3 is 0 Å². The Kier molecular flexibility index (Phi) is 1.62. The Balaban J connectivity index is 3.17. The molecule has 0 amide bonds. The molecule has 2 nitrogen and oxygen atoms in total. The first-order valence-electron chi connectivity index (χ1n) is 2.58. The third kappa shape index (κ3) is 1.36. The van der Waals surface area contributed by atoms with Crippen LogP contribution in [0.25, 0.3) is 0 Å². The van der Waals surface area contributed by atoms with Gasteiger partial charge in [-0.2, -0.15) is 0 Å². The van der Waals surface area contributed by atoms with Gasteiger partial charge in [0.25, 0.3) is 0 Å². The molecule has 0 aliphatic rings. The van der Waals surface area contributed by atoms with E-state index in [-0.39, 0.29) is 0 Å². The number of anilines is 1. The van der Waals surface area contributed by atoms with E-state index in [1.807, 2.05) is 7.85 Å². The van der Waals surface area contributed by atoms with Crippen LogP contribution in [0.3, 0.4) is 0 Å². The van der Waals surface area contributed by atoms with E-state index < -0.39 is 0 Å². The number of halogens is 1. The number of hydrogen-bond donors (Lipinski definition) is 1. The van der Waals surface area contributed by atoms with E-state index in [1.54, 1.807) is 12.3 Å². The molecule has 0 atom stereocenters. The van der Waals surface area contributed by atoms with Crippen LogP contribution in [0.5, 0.6) is 0 Å². The number of nitrogen functional groups attached to an aromatic ring is 1. The summed E-state index contributed by atoms with van der Waals surface area (Å²) in [5.74, 6) is 0.464. The number of aromatic nitrogens is 1. The van der Waals surface area contributed by atoms with Crippen molar-refractivity contribution in [2.75, 3.05) is 5.73 Å². The first kappa shape index (κ1) is 6.43. The molecular weight excluding hydrogens is 134 g/mol. The highest BCUT2D eigenvalue weighted by atomic mass is 35.5. The second-order valence-electron chi connectivity index (χ2n) is 1.86. The predicted molar refractivity (Wildman–Crippen MR) is 41.8 cm³/mol. The van der Waals surface area contributed by atoms with Gasteiger partial charge in [0.05, 0.1) is 0 Å². The molecule has 46 valence electrons. The minimum Gasteiger partial charge on any atom is -0.384 e. The maximum atomic E-state index is 5.69. The molecule has 0 unspecified atom stereocenters. The highest BCUT2D eigenvalue weighted by Gasteiger charge is 1.93. The second kappa shape index (κ2) is 2.27. The lowest BCUT2D eigenvalue weighted by Gasteiger charge is -1.95. The zero-order valence-electron chi connectivity index (χ0n) is 5.06. The number of hydrogen-bond acceptors (Lipinski definition) is 2. The molecule has 1 aromatic heterocycles. The molecule has 0 spiro atoms. The first-order chi connectivity index (χ1) is 4.20. The summed E-state index contributed by atoms with van der Waals surface area (Å²) in [7, 11) is 1.88. The van der Waals surface area contributed by atoms with E-state index in [1.165, 1.54) is 0 Å². The van der Waals surface area contributed by atoms with Gasteiger partial charge in [0.15, 0.2) is 0 Å². The number of nitrogens with two attached hydrogens (primary N) is 1. The summed E-state index contributed by atoms with van der Waals surface area (Å²) >= 11 is 5.69. The van der Waals surface area contributed by atoms with E-state index in [0.29, 0.717) is 10.8 Å². The maximum absolute atomic E-state index is 5.69. The van der Waals surface area contributed by atoms with Crippen LogP contribution in [-0.4, -0.2) is 12.8 Å².